The smallest absolute Gasteiger partial charge is 0.0462 e. The Kier molecular flexibility index (Phi) is 11.0. The Morgan fingerprint density at radius 3 is 2.24 bits per heavy atom. The second kappa shape index (κ2) is 11.0. The van der Waals surface area contributed by atoms with Crippen molar-refractivity contribution in [1.29, 1.82) is 0 Å². The molecule has 0 aromatic heterocycles. The van der Waals surface area contributed by atoms with Crippen molar-refractivity contribution in [2.45, 2.75) is 65.7 Å². The number of hydrogen-bond acceptors (Lipinski definition) is 2. The molecule has 0 aliphatic carbocycles. The molecule has 0 amide bonds. The Labute approximate surface area is 109 Å². The van der Waals surface area contributed by atoms with E-state index in [4.69, 9.17) is 4.74 Å². The van der Waals surface area contributed by atoms with E-state index in [-0.39, 0.29) is 0 Å². The summed E-state index contributed by atoms with van der Waals surface area (Å²) in [5, 5.41) is 3.56. The van der Waals surface area contributed by atoms with Gasteiger partial charge in [0.05, 0.1) is 0 Å². The Morgan fingerprint density at radius 2 is 1.71 bits per heavy atom. The lowest BCUT2D eigenvalue weighted by atomic mass is 9.76. The van der Waals surface area contributed by atoms with Crippen molar-refractivity contribution in [1.82, 2.24) is 5.32 Å². The second-order valence-corrected chi connectivity index (χ2v) is 5.19. The number of hydrogen-bond donors (Lipinski definition) is 1. The predicted octanol–water partition coefficient (Wildman–Crippen LogP) is 4.00. The molecule has 0 radical (unpaired) electrons. The SMILES string of the molecule is CCCCC(CC)(CCCCOC)CNCC. The first-order valence-corrected chi connectivity index (χ1v) is 7.44. The van der Waals surface area contributed by atoms with Crippen molar-refractivity contribution in [3.63, 3.8) is 0 Å². The zero-order valence-corrected chi connectivity index (χ0v) is 12.5. The van der Waals surface area contributed by atoms with E-state index in [1.54, 1.807) is 7.11 Å². The van der Waals surface area contributed by atoms with Crippen molar-refractivity contribution in [2.75, 3.05) is 26.8 Å². The van der Waals surface area contributed by atoms with Gasteiger partial charge in [0.15, 0.2) is 0 Å². The van der Waals surface area contributed by atoms with Crippen LogP contribution in [0.15, 0.2) is 0 Å². The average molecular weight is 243 g/mol. The van der Waals surface area contributed by atoms with Crippen LogP contribution in [0, 0.1) is 5.41 Å². The maximum Gasteiger partial charge on any atom is 0.0462 e. The molecule has 0 bridgehead atoms. The van der Waals surface area contributed by atoms with Crippen LogP contribution in [0.3, 0.4) is 0 Å². The fourth-order valence-electron chi connectivity index (χ4n) is 2.47. The van der Waals surface area contributed by atoms with Crippen molar-refractivity contribution < 1.29 is 4.74 Å². The van der Waals surface area contributed by atoms with Crippen LogP contribution >= 0.6 is 0 Å². The summed E-state index contributed by atoms with van der Waals surface area (Å²) in [5.41, 5.74) is 0.528. The van der Waals surface area contributed by atoms with E-state index in [0.717, 1.165) is 13.2 Å². The first-order chi connectivity index (χ1) is 8.24. The van der Waals surface area contributed by atoms with Gasteiger partial charge in [-0.15, -0.1) is 0 Å². The topological polar surface area (TPSA) is 21.3 Å². The van der Waals surface area contributed by atoms with E-state index < -0.39 is 0 Å². The normalized spacial score (nSPS) is 14.8. The molecular weight excluding hydrogens is 210 g/mol. The molecule has 0 fully saturated rings. The maximum atomic E-state index is 5.14. The van der Waals surface area contributed by atoms with Crippen LogP contribution in [0.5, 0.6) is 0 Å². The first-order valence-electron chi connectivity index (χ1n) is 7.44. The summed E-state index contributed by atoms with van der Waals surface area (Å²) in [4.78, 5) is 0. The minimum Gasteiger partial charge on any atom is -0.385 e. The van der Waals surface area contributed by atoms with Gasteiger partial charge >= 0.3 is 0 Å². The Morgan fingerprint density at radius 1 is 1.00 bits per heavy atom. The zero-order valence-electron chi connectivity index (χ0n) is 12.5. The Balaban J connectivity index is 4.12. The molecule has 104 valence electrons. The standard InChI is InChI=1S/C15H33NO/c1-5-8-11-15(6-2,14-16-7-3)12-9-10-13-17-4/h16H,5-14H2,1-4H3. The molecular formula is C15H33NO. The molecule has 0 spiro atoms. The highest BCUT2D eigenvalue weighted by atomic mass is 16.5. The lowest BCUT2D eigenvalue weighted by molar-refractivity contribution is 0.170. The molecule has 0 aromatic rings. The van der Waals surface area contributed by atoms with Crippen LogP contribution in [0.25, 0.3) is 0 Å². The average Bonchev–Trinajstić information content (AvgIpc) is 2.37. The van der Waals surface area contributed by atoms with Crippen molar-refractivity contribution in [3.05, 3.63) is 0 Å². The van der Waals surface area contributed by atoms with E-state index >= 15 is 0 Å². The van der Waals surface area contributed by atoms with E-state index in [9.17, 15) is 0 Å². The van der Waals surface area contributed by atoms with Gasteiger partial charge in [-0.05, 0) is 37.6 Å². The number of nitrogens with one attached hydrogen (secondary N) is 1. The van der Waals surface area contributed by atoms with E-state index in [0.29, 0.717) is 5.41 Å². The summed E-state index contributed by atoms with van der Waals surface area (Å²) < 4.78 is 5.14. The summed E-state index contributed by atoms with van der Waals surface area (Å²) in [5.74, 6) is 0. The molecule has 0 heterocycles. The lowest BCUT2D eigenvalue weighted by Crippen LogP contribution is -2.34. The number of ether oxygens (including phenoxy) is 1. The molecule has 0 saturated heterocycles. The van der Waals surface area contributed by atoms with E-state index in [1.807, 2.05) is 0 Å². The van der Waals surface area contributed by atoms with E-state index in [1.165, 1.54) is 51.5 Å². The van der Waals surface area contributed by atoms with Crippen LogP contribution in [-0.4, -0.2) is 26.8 Å². The summed E-state index contributed by atoms with van der Waals surface area (Å²) in [6.07, 6.45) is 9.20. The van der Waals surface area contributed by atoms with Gasteiger partial charge in [0.1, 0.15) is 0 Å². The number of methoxy groups -OCH3 is 1. The highest BCUT2D eigenvalue weighted by Gasteiger charge is 2.26. The molecule has 2 nitrogen and oxygen atoms in total. The third-order valence-corrected chi connectivity index (χ3v) is 3.87. The molecule has 1 atom stereocenters. The van der Waals surface area contributed by atoms with Gasteiger partial charge in [-0.1, -0.05) is 40.0 Å². The van der Waals surface area contributed by atoms with Crippen LogP contribution in [-0.2, 0) is 4.74 Å². The minimum atomic E-state index is 0.528. The molecule has 0 aromatic carbocycles. The van der Waals surface area contributed by atoms with Gasteiger partial charge in [-0.25, -0.2) is 0 Å². The van der Waals surface area contributed by atoms with Crippen molar-refractivity contribution in [2.24, 2.45) is 5.41 Å². The van der Waals surface area contributed by atoms with Crippen molar-refractivity contribution in [3.8, 4) is 0 Å². The van der Waals surface area contributed by atoms with Gasteiger partial charge in [0, 0.05) is 20.3 Å². The monoisotopic (exact) mass is 243 g/mol. The summed E-state index contributed by atoms with van der Waals surface area (Å²) in [7, 11) is 1.79. The second-order valence-electron chi connectivity index (χ2n) is 5.19. The van der Waals surface area contributed by atoms with Gasteiger partial charge in [-0.2, -0.15) is 0 Å². The highest BCUT2D eigenvalue weighted by Crippen LogP contribution is 2.34. The fourth-order valence-corrected chi connectivity index (χ4v) is 2.47. The molecule has 1 unspecified atom stereocenters. The molecule has 17 heavy (non-hydrogen) atoms. The first kappa shape index (κ1) is 16.9. The maximum absolute atomic E-state index is 5.14. The lowest BCUT2D eigenvalue weighted by Gasteiger charge is -2.33. The summed E-state index contributed by atoms with van der Waals surface area (Å²) >= 11 is 0. The molecule has 0 aliphatic heterocycles. The number of rotatable bonds is 12. The molecule has 0 aliphatic rings. The Bertz CT molecular complexity index is 151. The highest BCUT2D eigenvalue weighted by molar-refractivity contribution is 4.80. The largest absolute Gasteiger partial charge is 0.385 e. The minimum absolute atomic E-state index is 0.528. The quantitative estimate of drug-likeness (QED) is 0.523. The third kappa shape index (κ3) is 7.77. The summed E-state index contributed by atoms with van der Waals surface area (Å²) in [6, 6.07) is 0. The third-order valence-electron chi connectivity index (χ3n) is 3.87. The molecule has 2 heteroatoms. The molecule has 0 saturated carbocycles. The fraction of sp³-hybridized carbons (Fsp3) is 1.00. The van der Waals surface area contributed by atoms with Gasteiger partial charge in [0.2, 0.25) is 0 Å². The van der Waals surface area contributed by atoms with Crippen LogP contribution in [0.4, 0.5) is 0 Å². The van der Waals surface area contributed by atoms with Gasteiger partial charge in [0.25, 0.3) is 0 Å². The van der Waals surface area contributed by atoms with Crippen LogP contribution in [0.1, 0.15) is 65.7 Å². The zero-order chi connectivity index (χ0) is 13.0. The Hall–Kier alpha value is -0.0800. The van der Waals surface area contributed by atoms with Gasteiger partial charge in [-0.3, -0.25) is 0 Å². The van der Waals surface area contributed by atoms with Crippen LogP contribution in [0.2, 0.25) is 0 Å². The number of unbranched alkanes of at least 4 members (excludes halogenated alkanes) is 2. The molecule has 0 rings (SSSR count). The predicted molar refractivity (Wildman–Crippen MR) is 76.5 cm³/mol. The summed E-state index contributed by atoms with van der Waals surface area (Å²) in [6.45, 7) is 10.0. The van der Waals surface area contributed by atoms with Gasteiger partial charge < -0.3 is 10.1 Å². The van der Waals surface area contributed by atoms with E-state index in [2.05, 4.69) is 26.1 Å². The van der Waals surface area contributed by atoms with Crippen LogP contribution < -0.4 is 5.32 Å². The van der Waals surface area contributed by atoms with Crippen molar-refractivity contribution >= 4 is 0 Å². The molecule has 1 N–H and O–H groups in total.